The zero-order valence-corrected chi connectivity index (χ0v) is 11.5. The van der Waals surface area contributed by atoms with Gasteiger partial charge >= 0.3 is 0 Å². The Labute approximate surface area is 122 Å². The van der Waals surface area contributed by atoms with Crippen LogP contribution in [0.5, 0.6) is 0 Å². The minimum absolute atomic E-state index is 0.0227. The Morgan fingerprint density at radius 2 is 1.90 bits per heavy atom. The molecule has 0 aliphatic heterocycles. The first kappa shape index (κ1) is 13.3. The fraction of sp³-hybridized carbons (Fsp3) is 0.235. The maximum Gasteiger partial charge on any atom is 0.269 e. The van der Waals surface area contributed by atoms with Gasteiger partial charge in [-0.3, -0.25) is 9.59 Å². The molecule has 21 heavy (non-hydrogen) atoms. The molecule has 0 amide bonds. The van der Waals surface area contributed by atoms with Gasteiger partial charge in [-0.15, -0.1) is 0 Å². The van der Waals surface area contributed by atoms with Gasteiger partial charge in [-0.1, -0.05) is 30.3 Å². The highest BCUT2D eigenvalue weighted by Gasteiger charge is 2.23. The zero-order valence-electron chi connectivity index (χ0n) is 11.5. The third-order valence-corrected chi connectivity index (χ3v) is 3.82. The van der Waals surface area contributed by atoms with Crippen molar-refractivity contribution in [3.8, 4) is 6.07 Å². The number of carbonyl (C=O) groups is 1. The molecule has 0 radical (unpaired) electrons. The molecule has 104 valence electrons. The fourth-order valence-corrected chi connectivity index (χ4v) is 2.78. The molecule has 1 aliphatic rings. The summed E-state index contributed by atoms with van der Waals surface area (Å²) < 4.78 is 1.58. The average Bonchev–Trinajstić information content (AvgIpc) is 2.51. The Kier molecular flexibility index (Phi) is 3.41. The summed E-state index contributed by atoms with van der Waals surface area (Å²) in [5, 5.41) is 9.12. The zero-order chi connectivity index (χ0) is 14.8. The molecule has 4 nitrogen and oxygen atoms in total. The largest absolute Gasteiger partial charge is 0.306 e. The lowest BCUT2D eigenvalue weighted by molar-refractivity contribution is 0.0970. The molecular weight excluding hydrogens is 264 g/mol. The maximum atomic E-state index is 12.4. The fourth-order valence-electron chi connectivity index (χ4n) is 2.78. The van der Waals surface area contributed by atoms with Crippen LogP contribution < -0.4 is 5.56 Å². The molecule has 1 aromatic heterocycles. The van der Waals surface area contributed by atoms with Gasteiger partial charge in [0.15, 0.2) is 5.78 Å². The van der Waals surface area contributed by atoms with Gasteiger partial charge in [-0.25, -0.2) is 0 Å². The van der Waals surface area contributed by atoms with Crippen molar-refractivity contribution in [2.45, 2.75) is 25.8 Å². The van der Waals surface area contributed by atoms with Gasteiger partial charge in [0.2, 0.25) is 0 Å². The van der Waals surface area contributed by atoms with Crippen molar-refractivity contribution in [3.05, 3.63) is 69.1 Å². The Morgan fingerprint density at radius 3 is 2.62 bits per heavy atom. The van der Waals surface area contributed by atoms with Crippen LogP contribution in [-0.4, -0.2) is 10.4 Å². The number of aromatic nitrogens is 1. The van der Waals surface area contributed by atoms with E-state index in [2.05, 4.69) is 0 Å². The molecule has 1 aromatic carbocycles. The van der Waals surface area contributed by atoms with Crippen LogP contribution >= 0.6 is 0 Å². The molecule has 0 spiro atoms. The summed E-state index contributed by atoms with van der Waals surface area (Å²) in [7, 11) is 0. The van der Waals surface area contributed by atoms with Crippen LogP contribution in [-0.2, 0) is 13.0 Å². The minimum Gasteiger partial charge on any atom is -0.306 e. The van der Waals surface area contributed by atoms with Crippen molar-refractivity contribution >= 4 is 5.78 Å². The third-order valence-electron chi connectivity index (χ3n) is 3.82. The van der Waals surface area contributed by atoms with Crippen LogP contribution in [0.3, 0.4) is 0 Å². The summed E-state index contributed by atoms with van der Waals surface area (Å²) in [6.45, 7) is 0.394. The number of benzene rings is 1. The number of pyridine rings is 1. The molecule has 1 aliphatic carbocycles. The molecule has 4 heteroatoms. The van der Waals surface area contributed by atoms with Gasteiger partial charge in [0.25, 0.3) is 5.56 Å². The molecule has 0 bridgehead atoms. The number of ketones is 1. The van der Waals surface area contributed by atoms with E-state index in [0.29, 0.717) is 24.9 Å². The van der Waals surface area contributed by atoms with Crippen molar-refractivity contribution < 1.29 is 4.79 Å². The van der Waals surface area contributed by atoms with E-state index in [0.717, 1.165) is 17.7 Å². The average molecular weight is 278 g/mol. The second-order valence-electron chi connectivity index (χ2n) is 5.18. The van der Waals surface area contributed by atoms with E-state index in [1.54, 1.807) is 4.57 Å². The van der Waals surface area contributed by atoms with Crippen molar-refractivity contribution in [1.82, 2.24) is 4.57 Å². The third kappa shape index (κ3) is 2.38. The van der Waals surface area contributed by atoms with E-state index in [1.807, 2.05) is 36.4 Å². The molecule has 0 fully saturated rings. The van der Waals surface area contributed by atoms with Gasteiger partial charge < -0.3 is 4.57 Å². The van der Waals surface area contributed by atoms with Crippen molar-refractivity contribution in [2.75, 3.05) is 0 Å². The number of hydrogen-bond donors (Lipinski definition) is 0. The predicted octanol–water partition coefficient (Wildman–Crippen LogP) is 2.29. The molecule has 1 heterocycles. The first-order valence-corrected chi connectivity index (χ1v) is 6.94. The Balaban J connectivity index is 2.19. The second kappa shape index (κ2) is 5.37. The van der Waals surface area contributed by atoms with Crippen LogP contribution in [0.4, 0.5) is 0 Å². The Bertz CT molecular complexity index is 798. The summed E-state index contributed by atoms with van der Waals surface area (Å²) in [6.07, 6.45) is 1.95. The molecule has 0 saturated carbocycles. The highest BCUT2D eigenvalue weighted by Crippen LogP contribution is 2.21. The van der Waals surface area contributed by atoms with Crippen LogP contribution in [0.1, 0.15) is 40.0 Å². The Hall–Kier alpha value is -2.67. The van der Waals surface area contributed by atoms with E-state index >= 15 is 0 Å². The molecule has 0 atom stereocenters. The van der Waals surface area contributed by atoms with Gasteiger partial charge in [-0.05, 0) is 24.5 Å². The summed E-state index contributed by atoms with van der Waals surface area (Å²) in [5.74, 6) is 0.0227. The number of hydrogen-bond acceptors (Lipinski definition) is 3. The van der Waals surface area contributed by atoms with Gasteiger partial charge in [0.05, 0.1) is 6.54 Å². The lowest BCUT2D eigenvalue weighted by Gasteiger charge is -2.20. The molecule has 0 saturated heterocycles. The predicted molar refractivity (Wildman–Crippen MR) is 78.2 cm³/mol. The lowest BCUT2D eigenvalue weighted by atomic mass is 9.93. The molecule has 2 aromatic rings. The number of nitriles is 1. The monoisotopic (exact) mass is 278 g/mol. The minimum atomic E-state index is -0.310. The number of fused-ring (bicyclic) bond motifs is 1. The summed E-state index contributed by atoms with van der Waals surface area (Å²) in [6, 6.07) is 13.0. The maximum absolute atomic E-state index is 12.4. The number of rotatable bonds is 2. The van der Waals surface area contributed by atoms with Gasteiger partial charge in [0.1, 0.15) is 11.6 Å². The lowest BCUT2D eigenvalue weighted by Crippen LogP contribution is -2.30. The van der Waals surface area contributed by atoms with Crippen molar-refractivity contribution in [2.24, 2.45) is 0 Å². The summed E-state index contributed by atoms with van der Waals surface area (Å²) in [4.78, 5) is 24.5. The number of nitrogens with zero attached hydrogens (tertiary/aromatic N) is 2. The van der Waals surface area contributed by atoms with E-state index in [9.17, 15) is 9.59 Å². The van der Waals surface area contributed by atoms with Gasteiger partial charge in [0, 0.05) is 17.7 Å². The topological polar surface area (TPSA) is 62.9 Å². The van der Waals surface area contributed by atoms with Crippen LogP contribution in [0, 0.1) is 11.3 Å². The molecule has 0 unspecified atom stereocenters. The van der Waals surface area contributed by atoms with Crippen LogP contribution in [0.15, 0.2) is 41.2 Å². The molecule has 0 N–H and O–H groups in total. The normalized spacial score (nSPS) is 13.6. The van der Waals surface area contributed by atoms with E-state index in [4.69, 9.17) is 5.26 Å². The van der Waals surface area contributed by atoms with E-state index < -0.39 is 0 Å². The van der Waals surface area contributed by atoms with Crippen LogP contribution in [0.2, 0.25) is 0 Å². The Morgan fingerprint density at radius 1 is 1.14 bits per heavy atom. The van der Waals surface area contributed by atoms with Crippen molar-refractivity contribution in [1.29, 1.82) is 5.26 Å². The van der Waals surface area contributed by atoms with Crippen molar-refractivity contribution in [3.63, 3.8) is 0 Å². The number of Topliss-reactive ketones (excluding diaryl/α,β-unsaturated/α-hetero) is 1. The SMILES string of the molecule is N#Cc1cc2c(n(Cc3ccccc3)c1=O)CCCC2=O. The standard InChI is InChI=1S/C17H14N2O2/c18-10-13-9-14-15(7-4-8-16(14)20)19(17(13)21)11-12-5-2-1-3-6-12/h1-3,5-6,9H,4,7-8,11H2. The van der Waals surface area contributed by atoms with E-state index in [-0.39, 0.29) is 16.9 Å². The highest BCUT2D eigenvalue weighted by molar-refractivity contribution is 5.98. The molecular formula is C17H14N2O2. The second-order valence-corrected chi connectivity index (χ2v) is 5.18. The van der Waals surface area contributed by atoms with E-state index in [1.165, 1.54) is 6.07 Å². The first-order chi connectivity index (χ1) is 10.2. The smallest absolute Gasteiger partial charge is 0.269 e. The van der Waals surface area contributed by atoms with Gasteiger partial charge in [-0.2, -0.15) is 5.26 Å². The summed E-state index contributed by atoms with van der Waals surface area (Å²) in [5.41, 5.74) is 2.01. The quantitative estimate of drug-likeness (QED) is 0.846. The first-order valence-electron chi connectivity index (χ1n) is 6.94. The number of carbonyl (C=O) groups excluding carboxylic acids is 1. The summed E-state index contributed by atoms with van der Waals surface area (Å²) >= 11 is 0. The highest BCUT2D eigenvalue weighted by atomic mass is 16.1. The molecule has 3 rings (SSSR count). The van der Waals surface area contributed by atoms with Crippen LogP contribution in [0.25, 0.3) is 0 Å².